The highest BCUT2D eigenvalue weighted by Gasteiger charge is 2.22. The third-order valence-electron chi connectivity index (χ3n) is 6.37. The van der Waals surface area contributed by atoms with E-state index in [4.69, 9.17) is 14.7 Å². The van der Waals surface area contributed by atoms with Crippen LogP contribution in [-0.4, -0.2) is 70.7 Å². The number of thiazole rings is 1. The van der Waals surface area contributed by atoms with Gasteiger partial charge in [-0.05, 0) is 55.8 Å². The van der Waals surface area contributed by atoms with Gasteiger partial charge in [0.15, 0.2) is 5.13 Å². The van der Waals surface area contributed by atoms with Gasteiger partial charge < -0.3 is 19.9 Å². The van der Waals surface area contributed by atoms with Crippen LogP contribution < -0.4 is 10.2 Å². The monoisotopic (exact) mass is 517 g/mol. The largest absolute Gasteiger partial charge is 0.450 e. The molecular weight excluding hydrogens is 486 g/mol. The summed E-state index contributed by atoms with van der Waals surface area (Å²) < 4.78 is 5.11. The van der Waals surface area contributed by atoms with Crippen molar-refractivity contribution in [2.24, 2.45) is 0 Å². The number of rotatable bonds is 7. The van der Waals surface area contributed by atoms with Gasteiger partial charge in [-0.25, -0.2) is 19.7 Å². The van der Waals surface area contributed by atoms with Crippen molar-refractivity contribution in [1.82, 2.24) is 24.8 Å². The van der Waals surface area contributed by atoms with E-state index in [0.717, 1.165) is 58.0 Å². The van der Waals surface area contributed by atoms with Gasteiger partial charge in [0.25, 0.3) is 0 Å². The van der Waals surface area contributed by atoms with E-state index >= 15 is 0 Å². The molecule has 1 aromatic carbocycles. The minimum Gasteiger partial charge on any atom is -0.450 e. The smallest absolute Gasteiger partial charge is 0.409 e. The molecule has 10 heteroatoms. The van der Waals surface area contributed by atoms with Gasteiger partial charge in [0.05, 0.1) is 6.61 Å². The van der Waals surface area contributed by atoms with Crippen LogP contribution in [0.15, 0.2) is 54.7 Å². The van der Waals surface area contributed by atoms with Gasteiger partial charge in [-0.15, -0.1) is 0 Å². The molecule has 0 aliphatic carbocycles. The number of aromatic nitrogens is 3. The van der Waals surface area contributed by atoms with Gasteiger partial charge in [0.2, 0.25) is 0 Å². The maximum atomic E-state index is 11.9. The lowest BCUT2D eigenvalue weighted by Gasteiger charge is -2.34. The van der Waals surface area contributed by atoms with Gasteiger partial charge in [0.1, 0.15) is 22.0 Å². The van der Waals surface area contributed by atoms with E-state index in [9.17, 15) is 4.79 Å². The van der Waals surface area contributed by atoms with E-state index < -0.39 is 0 Å². The summed E-state index contributed by atoms with van der Waals surface area (Å²) in [6.45, 7) is 8.09. The molecular formula is C27H31N7O2S. The predicted molar refractivity (Wildman–Crippen MR) is 148 cm³/mol. The Hall–Kier alpha value is -3.76. The molecule has 4 heterocycles. The average Bonchev–Trinajstić information content (AvgIpc) is 3.31. The summed E-state index contributed by atoms with van der Waals surface area (Å²) in [5, 5.41) is 4.10. The lowest BCUT2D eigenvalue weighted by molar-refractivity contribution is 0.0778. The Balaban J connectivity index is 1.23. The number of piperazine rings is 1. The number of fused-ring (bicyclic) bond motifs is 1. The van der Waals surface area contributed by atoms with E-state index in [0.29, 0.717) is 19.7 Å². The van der Waals surface area contributed by atoms with E-state index in [-0.39, 0.29) is 6.09 Å². The number of aryl methyl sites for hydroxylation is 1. The van der Waals surface area contributed by atoms with Crippen molar-refractivity contribution in [3.8, 4) is 0 Å². The molecule has 4 aromatic rings. The predicted octanol–water partition coefficient (Wildman–Crippen LogP) is 5.18. The Morgan fingerprint density at radius 3 is 2.62 bits per heavy atom. The second-order valence-electron chi connectivity index (χ2n) is 9.04. The fraction of sp³-hybridized carbons (Fsp3) is 0.333. The van der Waals surface area contributed by atoms with Crippen LogP contribution in [0.25, 0.3) is 10.3 Å². The molecule has 5 rings (SSSR count). The molecule has 192 valence electrons. The Morgan fingerprint density at radius 2 is 1.86 bits per heavy atom. The number of anilines is 4. The molecule has 1 aliphatic heterocycles. The molecule has 1 aliphatic rings. The van der Waals surface area contributed by atoms with Crippen molar-refractivity contribution in [3.63, 3.8) is 0 Å². The van der Waals surface area contributed by atoms with Crippen molar-refractivity contribution in [1.29, 1.82) is 0 Å². The summed E-state index contributed by atoms with van der Waals surface area (Å²) in [7, 11) is 2.02. The van der Waals surface area contributed by atoms with Crippen LogP contribution in [0.1, 0.15) is 18.1 Å². The first-order valence-electron chi connectivity index (χ1n) is 12.4. The highest BCUT2D eigenvalue weighted by Crippen LogP contribution is 2.30. The van der Waals surface area contributed by atoms with Crippen molar-refractivity contribution >= 4 is 50.2 Å². The van der Waals surface area contributed by atoms with Gasteiger partial charge in [-0.3, -0.25) is 4.90 Å². The number of hydrogen-bond acceptors (Lipinski definition) is 9. The van der Waals surface area contributed by atoms with Gasteiger partial charge in [0, 0.05) is 51.7 Å². The van der Waals surface area contributed by atoms with Crippen molar-refractivity contribution in [2.75, 3.05) is 50.1 Å². The SMILES string of the molecule is CCOC(=O)N1CCN(Cc2ccnc(Nc3nc4ccc(N(C)c5ccc(C)cc5)nc4s3)c2)CC1. The van der Waals surface area contributed by atoms with Crippen LogP contribution >= 0.6 is 11.3 Å². The molecule has 0 spiro atoms. The van der Waals surface area contributed by atoms with Crippen molar-refractivity contribution < 1.29 is 9.53 Å². The molecule has 1 amide bonds. The Kier molecular flexibility index (Phi) is 7.47. The van der Waals surface area contributed by atoms with Gasteiger partial charge in [-0.1, -0.05) is 29.0 Å². The van der Waals surface area contributed by atoms with Crippen LogP contribution in [0.4, 0.5) is 27.2 Å². The molecule has 1 saturated heterocycles. The number of hydrogen-bond donors (Lipinski definition) is 1. The second-order valence-corrected chi connectivity index (χ2v) is 10.0. The highest BCUT2D eigenvalue weighted by molar-refractivity contribution is 7.21. The zero-order valence-corrected chi connectivity index (χ0v) is 22.2. The molecule has 3 aromatic heterocycles. The molecule has 0 bridgehead atoms. The fourth-order valence-electron chi connectivity index (χ4n) is 4.26. The maximum Gasteiger partial charge on any atom is 0.409 e. The number of pyridine rings is 2. The number of ether oxygens (including phenoxy) is 1. The van der Waals surface area contributed by atoms with Gasteiger partial charge >= 0.3 is 6.09 Å². The van der Waals surface area contributed by atoms with Crippen LogP contribution in [0.3, 0.4) is 0 Å². The van der Waals surface area contributed by atoms with Crippen LogP contribution in [0.2, 0.25) is 0 Å². The van der Waals surface area contributed by atoms with Crippen LogP contribution in [0, 0.1) is 6.92 Å². The fourth-order valence-corrected chi connectivity index (χ4v) is 5.10. The van der Waals surface area contributed by atoms with Crippen LogP contribution in [-0.2, 0) is 11.3 Å². The van der Waals surface area contributed by atoms with Crippen molar-refractivity contribution in [3.05, 3.63) is 65.9 Å². The lowest BCUT2D eigenvalue weighted by Crippen LogP contribution is -2.48. The molecule has 9 nitrogen and oxygen atoms in total. The number of benzene rings is 1. The maximum absolute atomic E-state index is 11.9. The first-order chi connectivity index (χ1) is 18.0. The molecule has 0 saturated carbocycles. The number of nitrogens with one attached hydrogen (secondary N) is 1. The number of amides is 1. The average molecular weight is 518 g/mol. The van der Waals surface area contributed by atoms with Crippen molar-refractivity contribution in [2.45, 2.75) is 20.4 Å². The van der Waals surface area contributed by atoms with Crippen LogP contribution in [0.5, 0.6) is 0 Å². The molecule has 37 heavy (non-hydrogen) atoms. The Morgan fingerprint density at radius 1 is 1.08 bits per heavy atom. The number of carbonyl (C=O) groups excluding carboxylic acids is 1. The second kappa shape index (κ2) is 11.1. The summed E-state index contributed by atoms with van der Waals surface area (Å²) in [6.07, 6.45) is 1.59. The minimum absolute atomic E-state index is 0.225. The third kappa shape index (κ3) is 5.98. The van der Waals surface area contributed by atoms with E-state index in [2.05, 4.69) is 51.3 Å². The number of nitrogens with zero attached hydrogens (tertiary/aromatic N) is 6. The topological polar surface area (TPSA) is 86.7 Å². The molecule has 0 unspecified atom stereocenters. The van der Waals surface area contributed by atoms with E-state index in [1.54, 1.807) is 4.90 Å². The summed E-state index contributed by atoms with van der Waals surface area (Å²) >= 11 is 1.51. The summed E-state index contributed by atoms with van der Waals surface area (Å²) in [4.78, 5) is 33.0. The normalized spacial score (nSPS) is 14.1. The zero-order valence-electron chi connectivity index (χ0n) is 21.3. The summed E-state index contributed by atoms with van der Waals surface area (Å²) in [6, 6.07) is 16.5. The quantitative estimate of drug-likeness (QED) is 0.359. The molecule has 1 N–H and O–H groups in total. The molecule has 1 fully saturated rings. The minimum atomic E-state index is -0.225. The van der Waals surface area contributed by atoms with E-state index in [1.807, 2.05) is 44.4 Å². The lowest BCUT2D eigenvalue weighted by atomic mass is 10.2. The zero-order chi connectivity index (χ0) is 25.8. The first-order valence-corrected chi connectivity index (χ1v) is 13.2. The standard InChI is InChI=1S/C27H31N7O2S/c1-4-36-27(35)34-15-13-33(14-16-34)18-20-11-12-28-23(17-20)30-26-29-22-9-10-24(31-25(22)37-26)32(3)21-7-5-19(2)6-8-21/h5-12,17H,4,13-16,18H2,1-3H3,(H,28,29,30). The third-order valence-corrected chi connectivity index (χ3v) is 7.25. The summed E-state index contributed by atoms with van der Waals surface area (Å²) in [5.41, 5.74) is 4.32. The van der Waals surface area contributed by atoms with E-state index in [1.165, 1.54) is 16.9 Å². The molecule has 0 radical (unpaired) electrons. The first kappa shape index (κ1) is 24.9. The number of carbonyl (C=O) groups is 1. The Labute approximate surface area is 220 Å². The highest BCUT2D eigenvalue weighted by atomic mass is 32.1. The summed E-state index contributed by atoms with van der Waals surface area (Å²) in [5.74, 6) is 1.62. The molecule has 0 atom stereocenters. The van der Waals surface area contributed by atoms with Gasteiger partial charge in [-0.2, -0.15) is 0 Å². The Bertz CT molecular complexity index is 1370.